The molecule has 6 heteroatoms. The van der Waals surface area contributed by atoms with Crippen LogP contribution < -0.4 is 0 Å². The van der Waals surface area contributed by atoms with Crippen molar-refractivity contribution in [3.8, 4) is 0 Å². The Morgan fingerprint density at radius 2 is 1.70 bits per heavy atom. The highest BCUT2D eigenvalue weighted by Crippen LogP contribution is 2.28. The largest absolute Gasteiger partial charge is 0.481 e. The summed E-state index contributed by atoms with van der Waals surface area (Å²) >= 11 is 0. The Bertz CT molecular complexity index is 608. The molecule has 1 heterocycles. The topological polar surface area (TPSA) is 74.7 Å². The van der Waals surface area contributed by atoms with Gasteiger partial charge in [0.05, 0.1) is 10.8 Å². The summed E-state index contributed by atoms with van der Waals surface area (Å²) in [7, 11) is -3.56. The zero-order valence-corrected chi connectivity index (χ0v) is 12.6. The van der Waals surface area contributed by atoms with Gasteiger partial charge in [0.2, 0.25) is 10.0 Å². The predicted molar refractivity (Wildman–Crippen MR) is 75.0 cm³/mol. The van der Waals surface area contributed by atoms with E-state index in [-0.39, 0.29) is 23.4 Å². The van der Waals surface area contributed by atoms with Crippen LogP contribution in [-0.4, -0.2) is 36.9 Å². The Hall–Kier alpha value is -1.40. The van der Waals surface area contributed by atoms with Gasteiger partial charge in [-0.2, -0.15) is 4.31 Å². The fraction of sp³-hybridized carbons (Fsp3) is 0.500. The van der Waals surface area contributed by atoms with Crippen LogP contribution in [0, 0.1) is 5.92 Å². The SMILES string of the molecule is CC(C)(C)c1ccc(S(=O)(=O)N2CC(C(=O)O)C2)cc1. The minimum atomic E-state index is -3.56. The first-order valence-electron chi connectivity index (χ1n) is 6.46. The molecule has 0 spiro atoms. The van der Waals surface area contributed by atoms with Gasteiger partial charge in [-0.1, -0.05) is 32.9 Å². The molecular formula is C14H19NO4S. The number of nitrogens with zero attached hydrogens (tertiary/aromatic N) is 1. The van der Waals surface area contributed by atoms with Gasteiger partial charge in [-0.05, 0) is 23.1 Å². The van der Waals surface area contributed by atoms with E-state index in [1.54, 1.807) is 24.3 Å². The van der Waals surface area contributed by atoms with Crippen molar-refractivity contribution in [2.24, 2.45) is 5.92 Å². The number of hydrogen-bond acceptors (Lipinski definition) is 3. The third kappa shape index (κ3) is 2.71. The highest BCUT2D eigenvalue weighted by Gasteiger charge is 2.40. The standard InChI is InChI=1S/C14H19NO4S/c1-14(2,3)11-4-6-12(7-5-11)20(18,19)15-8-10(9-15)13(16)17/h4-7,10H,8-9H2,1-3H3,(H,16,17). The molecule has 0 amide bonds. The number of hydrogen-bond donors (Lipinski definition) is 1. The van der Waals surface area contributed by atoms with E-state index in [1.165, 1.54) is 4.31 Å². The van der Waals surface area contributed by atoms with Gasteiger partial charge in [-0.25, -0.2) is 8.42 Å². The third-order valence-corrected chi connectivity index (χ3v) is 5.40. The highest BCUT2D eigenvalue weighted by atomic mass is 32.2. The second-order valence-electron chi connectivity index (χ2n) is 6.13. The molecule has 0 unspecified atom stereocenters. The molecule has 1 aromatic carbocycles. The molecule has 110 valence electrons. The minimum absolute atomic E-state index is 0.0343. The van der Waals surface area contributed by atoms with E-state index in [0.717, 1.165) is 5.56 Å². The summed E-state index contributed by atoms with van der Waals surface area (Å²) in [5.74, 6) is -1.53. The average molecular weight is 297 g/mol. The number of rotatable bonds is 3. The Morgan fingerprint density at radius 3 is 2.10 bits per heavy atom. The molecule has 1 aliphatic rings. The van der Waals surface area contributed by atoms with Gasteiger partial charge in [0.1, 0.15) is 0 Å². The summed E-state index contributed by atoms with van der Waals surface area (Å²) in [5.41, 5.74) is 1.02. The lowest BCUT2D eigenvalue weighted by molar-refractivity contribution is -0.145. The molecule has 2 rings (SSSR count). The van der Waals surface area contributed by atoms with Crippen molar-refractivity contribution in [1.82, 2.24) is 4.31 Å². The second kappa shape index (κ2) is 4.86. The monoisotopic (exact) mass is 297 g/mol. The molecule has 1 N–H and O–H groups in total. The van der Waals surface area contributed by atoms with Crippen molar-refractivity contribution in [2.75, 3.05) is 13.1 Å². The number of carboxylic acids is 1. The molecule has 1 fully saturated rings. The van der Waals surface area contributed by atoms with Crippen molar-refractivity contribution in [2.45, 2.75) is 31.1 Å². The lowest BCUT2D eigenvalue weighted by Gasteiger charge is -2.35. The van der Waals surface area contributed by atoms with E-state index in [2.05, 4.69) is 20.8 Å². The van der Waals surface area contributed by atoms with Crippen molar-refractivity contribution in [3.05, 3.63) is 29.8 Å². The van der Waals surface area contributed by atoms with Crippen LogP contribution in [0.3, 0.4) is 0 Å². The van der Waals surface area contributed by atoms with Gasteiger partial charge in [0.15, 0.2) is 0 Å². The number of carboxylic acid groups (broad SMARTS) is 1. The van der Waals surface area contributed by atoms with E-state index < -0.39 is 21.9 Å². The minimum Gasteiger partial charge on any atom is -0.481 e. The van der Waals surface area contributed by atoms with E-state index in [0.29, 0.717) is 0 Å². The maximum Gasteiger partial charge on any atom is 0.309 e. The summed E-state index contributed by atoms with van der Waals surface area (Å²) < 4.78 is 25.8. The van der Waals surface area contributed by atoms with Gasteiger partial charge >= 0.3 is 5.97 Å². The van der Waals surface area contributed by atoms with Crippen LogP contribution in [0.1, 0.15) is 26.3 Å². The van der Waals surface area contributed by atoms with Gasteiger partial charge in [-0.3, -0.25) is 4.79 Å². The van der Waals surface area contributed by atoms with E-state index >= 15 is 0 Å². The van der Waals surface area contributed by atoms with E-state index in [1.807, 2.05) is 0 Å². The van der Waals surface area contributed by atoms with Crippen molar-refractivity contribution < 1.29 is 18.3 Å². The molecule has 0 saturated carbocycles. The summed E-state index contributed by atoms with van der Waals surface area (Å²) in [6.45, 7) is 6.29. The fourth-order valence-electron chi connectivity index (χ4n) is 2.07. The first kappa shape index (κ1) is 15.0. The van der Waals surface area contributed by atoms with Crippen LogP contribution in [-0.2, 0) is 20.2 Å². The van der Waals surface area contributed by atoms with Crippen LogP contribution in [0.4, 0.5) is 0 Å². The van der Waals surface area contributed by atoms with Crippen LogP contribution in [0.5, 0.6) is 0 Å². The second-order valence-corrected chi connectivity index (χ2v) is 8.07. The Morgan fingerprint density at radius 1 is 1.20 bits per heavy atom. The summed E-state index contributed by atoms with van der Waals surface area (Å²) in [6, 6.07) is 6.79. The van der Waals surface area contributed by atoms with E-state index in [9.17, 15) is 13.2 Å². The predicted octanol–water partition coefficient (Wildman–Crippen LogP) is 1.69. The lowest BCUT2D eigenvalue weighted by atomic mass is 9.87. The molecule has 0 radical (unpaired) electrons. The average Bonchev–Trinajstić information content (AvgIpc) is 2.25. The fourth-order valence-corrected chi connectivity index (χ4v) is 3.60. The molecule has 1 aromatic rings. The molecule has 1 aliphatic heterocycles. The van der Waals surface area contributed by atoms with Crippen molar-refractivity contribution in [1.29, 1.82) is 0 Å². The van der Waals surface area contributed by atoms with E-state index in [4.69, 9.17) is 5.11 Å². The number of aliphatic carboxylic acids is 1. The van der Waals surface area contributed by atoms with Crippen LogP contribution in [0.15, 0.2) is 29.2 Å². The summed E-state index contributed by atoms with van der Waals surface area (Å²) in [6.07, 6.45) is 0. The van der Waals surface area contributed by atoms with Crippen LogP contribution in [0.2, 0.25) is 0 Å². The quantitative estimate of drug-likeness (QED) is 0.921. The molecule has 0 bridgehead atoms. The molecule has 0 atom stereocenters. The summed E-state index contributed by atoms with van der Waals surface area (Å²) in [4.78, 5) is 10.9. The normalized spacial score (nSPS) is 17.8. The van der Waals surface area contributed by atoms with Gasteiger partial charge < -0.3 is 5.11 Å². The van der Waals surface area contributed by atoms with Crippen molar-refractivity contribution in [3.63, 3.8) is 0 Å². The smallest absolute Gasteiger partial charge is 0.309 e. The first-order chi connectivity index (χ1) is 9.12. The maximum absolute atomic E-state index is 12.3. The van der Waals surface area contributed by atoms with Crippen LogP contribution in [0.25, 0.3) is 0 Å². The highest BCUT2D eigenvalue weighted by molar-refractivity contribution is 7.89. The Labute approximate surface area is 119 Å². The van der Waals surface area contributed by atoms with Crippen LogP contribution >= 0.6 is 0 Å². The molecular weight excluding hydrogens is 278 g/mol. The zero-order valence-electron chi connectivity index (χ0n) is 11.8. The Kier molecular flexibility index (Phi) is 3.64. The third-order valence-electron chi connectivity index (χ3n) is 3.56. The van der Waals surface area contributed by atoms with Gasteiger partial charge in [0, 0.05) is 13.1 Å². The van der Waals surface area contributed by atoms with Gasteiger partial charge in [0.25, 0.3) is 0 Å². The van der Waals surface area contributed by atoms with Gasteiger partial charge in [-0.15, -0.1) is 0 Å². The number of sulfonamides is 1. The molecule has 1 saturated heterocycles. The maximum atomic E-state index is 12.3. The lowest BCUT2D eigenvalue weighted by Crippen LogP contribution is -2.52. The van der Waals surface area contributed by atoms with Crippen molar-refractivity contribution >= 4 is 16.0 Å². The number of benzene rings is 1. The first-order valence-corrected chi connectivity index (χ1v) is 7.90. The Balaban J connectivity index is 2.18. The molecule has 5 nitrogen and oxygen atoms in total. The molecule has 0 aromatic heterocycles. The molecule has 20 heavy (non-hydrogen) atoms. The molecule has 0 aliphatic carbocycles. The number of carbonyl (C=O) groups is 1. The summed E-state index contributed by atoms with van der Waals surface area (Å²) in [5, 5.41) is 8.79. The zero-order chi connectivity index (χ0) is 15.1.